The van der Waals surface area contributed by atoms with Gasteiger partial charge in [0.1, 0.15) is 0 Å². The number of benzene rings is 2. The largest absolute Gasteiger partial charge is 0.416 e. The number of nitrogens with zero attached hydrogens (tertiary/aromatic N) is 3. The summed E-state index contributed by atoms with van der Waals surface area (Å²) in [6.45, 7) is 2.36. The molecule has 2 aromatic carbocycles. The molecule has 1 atom stereocenters. The predicted molar refractivity (Wildman–Crippen MR) is 139 cm³/mol. The number of carbonyl (C=O) groups excluding carboxylic acids is 1. The molecule has 1 aliphatic rings. The van der Waals surface area contributed by atoms with Crippen LogP contribution in [0.25, 0.3) is 10.9 Å². The fourth-order valence-corrected chi connectivity index (χ4v) is 5.33. The quantitative estimate of drug-likeness (QED) is 0.399. The number of alkyl halides is 3. The highest BCUT2D eigenvalue weighted by atomic mass is 32.2. The Labute approximate surface area is 216 Å². The van der Waals surface area contributed by atoms with E-state index in [0.717, 1.165) is 28.6 Å². The highest BCUT2D eigenvalue weighted by Crippen LogP contribution is 2.30. The van der Waals surface area contributed by atoms with Crippen LogP contribution in [-0.2, 0) is 30.7 Å². The van der Waals surface area contributed by atoms with Gasteiger partial charge >= 0.3 is 12.2 Å². The number of anilines is 1. The summed E-state index contributed by atoms with van der Waals surface area (Å²) in [7, 11) is 1.98. The molecular weight excluding hydrogens is 505 g/mol. The molecule has 0 radical (unpaired) electrons. The molecule has 1 unspecified atom stereocenters. The van der Waals surface area contributed by atoms with Gasteiger partial charge in [-0.05, 0) is 55.2 Å². The Morgan fingerprint density at radius 3 is 2.46 bits per heavy atom. The summed E-state index contributed by atoms with van der Waals surface area (Å²) >= 11 is -1.84. The lowest BCUT2D eigenvalue weighted by Crippen LogP contribution is -2.50. The van der Waals surface area contributed by atoms with Gasteiger partial charge in [0.2, 0.25) is 0 Å². The minimum Gasteiger partial charge on any atom is -0.350 e. The summed E-state index contributed by atoms with van der Waals surface area (Å²) in [5, 5.41) is 3.90. The van der Waals surface area contributed by atoms with Crippen LogP contribution in [0.3, 0.4) is 0 Å². The Hall–Kier alpha value is -2.89. The first-order valence-electron chi connectivity index (χ1n) is 12.2. The van der Waals surface area contributed by atoms with E-state index in [9.17, 15) is 22.2 Å². The fourth-order valence-electron chi connectivity index (χ4n) is 4.92. The number of likely N-dealkylation sites (tertiary alicyclic amines) is 1. The van der Waals surface area contributed by atoms with Crippen LogP contribution in [0, 0.1) is 0 Å². The van der Waals surface area contributed by atoms with Crippen LogP contribution in [-0.4, -0.2) is 67.1 Å². The van der Waals surface area contributed by atoms with E-state index >= 15 is 0 Å². The zero-order chi connectivity index (χ0) is 26.6. The van der Waals surface area contributed by atoms with Crippen LogP contribution >= 0.6 is 0 Å². The SMILES string of the molecule is Cn1cc(CCN(C(=O)Nc2ccc(C(F)(F)F)cc2)C2CCN(CCS(=O)O)CC2)c2ccccc21. The Kier molecular flexibility index (Phi) is 8.56. The molecule has 0 aliphatic carbocycles. The second-order valence-corrected chi connectivity index (χ2v) is 10.4. The summed E-state index contributed by atoms with van der Waals surface area (Å²) in [5.41, 5.74) is 1.76. The summed E-state index contributed by atoms with van der Waals surface area (Å²) in [5.74, 6) is 0.184. The normalized spacial score (nSPS) is 16.1. The number of aryl methyl sites for hydroxylation is 1. The van der Waals surface area contributed by atoms with Crippen molar-refractivity contribution in [3.05, 3.63) is 65.9 Å². The maximum atomic E-state index is 13.4. The number of halogens is 3. The average molecular weight is 537 g/mol. The van der Waals surface area contributed by atoms with E-state index in [1.165, 1.54) is 12.1 Å². The van der Waals surface area contributed by atoms with Gasteiger partial charge in [0, 0.05) is 62.1 Å². The van der Waals surface area contributed by atoms with Crippen LogP contribution in [0.2, 0.25) is 0 Å². The van der Waals surface area contributed by atoms with E-state index in [1.807, 2.05) is 25.2 Å². The molecule has 1 aromatic heterocycles. The van der Waals surface area contributed by atoms with Crippen molar-refractivity contribution in [3.8, 4) is 0 Å². The Balaban J connectivity index is 1.48. The van der Waals surface area contributed by atoms with Gasteiger partial charge in [0.25, 0.3) is 0 Å². The van der Waals surface area contributed by atoms with E-state index in [-0.39, 0.29) is 17.8 Å². The standard InChI is InChI=1S/C26H31F3N4O3S/c1-31-18-19(23-4-2-3-5-24(23)31)10-15-33(22-11-13-32(14-12-22)16-17-37(35)36)25(34)30-21-8-6-20(7-9-21)26(27,28)29/h2-9,18,22H,10-17H2,1H3,(H,30,34)(H,35,36). The molecule has 1 saturated heterocycles. The first kappa shape index (κ1) is 27.2. The number of carbonyl (C=O) groups is 1. The van der Waals surface area contributed by atoms with Crippen molar-refractivity contribution in [1.29, 1.82) is 0 Å². The third kappa shape index (κ3) is 6.91. The zero-order valence-corrected chi connectivity index (χ0v) is 21.4. The molecule has 2 heterocycles. The van der Waals surface area contributed by atoms with Crippen molar-refractivity contribution < 1.29 is 26.7 Å². The number of nitrogens with one attached hydrogen (secondary N) is 1. The molecule has 7 nitrogen and oxygen atoms in total. The number of hydrogen-bond donors (Lipinski definition) is 2. The van der Waals surface area contributed by atoms with Crippen molar-refractivity contribution in [1.82, 2.24) is 14.4 Å². The zero-order valence-electron chi connectivity index (χ0n) is 20.6. The predicted octanol–water partition coefficient (Wildman–Crippen LogP) is 4.96. The number of para-hydroxylation sites is 1. The van der Waals surface area contributed by atoms with Gasteiger partial charge < -0.3 is 24.2 Å². The van der Waals surface area contributed by atoms with E-state index in [2.05, 4.69) is 27.0 Å². The number of aromatic nitrogens is 1. The average Bonchev–Trinajstić information content (AvgIpc) is 3.19. The van der Waals surface area contributed by atoms with Crippen molar-refractivity contribution in [2.75, 3.05) is 37.2 Å². The minimum absolute atomic E-state index is 0.0553. The Bertz CT molecular complexity index is 1240. The smallest absolute Gasteiger partial charge is 0.350 e. The topological polar surface area (TPSA) is 77.8 Å². The summed E-state index contributed by atoms with van der Waals surface area (Å²) in [6, 6.07) is 12.1. The third-order valence-electron chi connectivity index (χ3n) is 6.91. The molecule has 0 saturated carbocycles. The van der Waals surface area contributed by atoms with E-state index in [4.69, 9.17) is 4.55 Å². The number of urea groups is 1. The van der Waals surface area contributed by atoms with E-state index in [0.29, 0.717) is 51.1 Å². The van der Waals surface area contributed by atoms with Crippen molar-refractivity contribution in [2.24, 2.45) is 7.05 Å². The summed E-state index contributed by atoms with van der Waals surface area (Å²) < 4.78 is 60.9. The van der Waals surface area contributed by atoms with Crippen LogP contribution < -0.4 is 5.32 Å². The molecule has 1 fully saturated rings. The molecule has 37 heavy (non-hydrogen) atoms. The molecule has 200 valence electrons. The lowest BCUT2D eigenvalue weighted by atomic mass is 10.0. The van der Waals surface area contributed by atoms with Gasteiger partial charge in [-0.15, -0.1) is 0 Å². The Morgan fingerprint density at radius 2 is 1.81 bits per heavy atom. The molecule has 2 amide bonds. The number of fused-ring (bicyclic) bond motifs is 1. The first-order valence-corrected chi connectivity index (χ1v) is 13.5. The van der Waals surface area contributed by atoms with E-state index in [1.54, 1.807) is 4.90 Å². The maximum absolute atomic E-state index is 13.4. The molecule has 3 aromatic rings. The van der Waals surface area contributed by atoms with Crippen LogP contribution in [0.15, 0.2) is 54.7 Å². The third-order valence-corrected chi connectivity index (χ3v) is 7.44. The van der Waals surface area contributed by atoms with Crippen molar-refractivity contribution in [2.45, 2.75) is 31.5 Å². The van der Waals surface area contributed by atoms with E-state index < -0.39 is 22.8 Å². The van der Waals surface area contributed by atoms with Gasteiger partial charge in [-0.2, -0.15) is 13.2 Å². The van der Waals surface area contributed by atoms with Gasteiger partial charge in [-0.3, -0.25) is 0 Å². The lowest BCUT2D eigenvalue weighted by Gasteiger charge is -2.38. The van der Waals surface area contributed by atoms with Gasteiger partial charge in [-0.1, -0.05) is 18.2 Å². The summed E-state index contributed by atoms with van der Waals surface area (Å²) in [6.07, 6.45) is -0.342. The summed E-state index contributed by atoms with van der Waals surface area (Å²) in [4.78, 5) is 17.3. The molecular formula is C26H31F3N4O3S. The number of hydrogen-bond acceptors (Lipinski definition) is 3. The second-order valence-electron chi connectivity index (χ2n) is 9.33. The van der Waals surface area contributed by atoms with Gasteiger partial charge in [0.15, 0.2) is 11.1 Å². The number of amides is 2. The highest BCUT2D eigenvalue weighted by Gasteiger charge is 2.31. The lowest BCUT2D eigenvalue weighted by molar-refractivity contribution is -0.137. The Morgan fingerprint density at radius 1 is 1.14 bits per heavy atom. The van der Waals surface area contributed by atoms with Crippen LogP contribution in [0.1, 0.15) is 24.0 Å². The number of rotatable bonds is 8. The van der Waals surface area contributed by atoms with Crippen LogP contribution in [0.5, 0.6) is 0 Å². The monoisotopic (exact) mass is 536 g/mol. The molecule has 0 bridgehead atoms. The minimum atomic E-state index is -4.44. The number of piperidine rings is 1. The molecule has 11 heteroatoms. The molecule has 2 N–H and O–H groups in total. The molecule has 4 rings (SSSR count). The van der Waals surface area contributed by atoms with Gasteiger partial charge in [0.05, 0.1) is 11.3 Å². The maximum Gasteiger partial charge on any atom is 0.416 e. The first-order chi connectivity index (χ1) is 17.6. The van der Waals surface area contributed by atoms with Gasteiger partial charge in [-0.25, -0.2) is 9.00 Å². The highest BCUT2D eigenvalue weighted by molar-refractivity contribution is 7.79. The molecule has 1 aliphatic heterocycles. The van der Waals surface area contributed by atoms with Crippen LogP contribution in [0.4, 0.5) is 23.7 Å². The van der Waals surface area contributed by atoms with Crippen molar-refractivity contribution >= 4 is 33.7 Å². The second kappa shape index (κ2) is 11.7. The molecule has 0 spiro atoms. The fraction of sp³-hybridized carbons (Fsp3) is 0.423. The van der Waals surface area contributed by atoms with Crippen molar-refractivity contribution in [3.63, 3.8) is 0 Å².